The molecule has 2 heterocycles. The number of imidazole rings is 2. The van der Waals surface area contributed by atoms with Crippen LogP contribution in [0, 0.1) is 13.8 Å². The fourth-order valence-electron chi connectivity index (χ4n) is 3.98. The van der Waals surface area contributed by atoms with Crippen molar-refractivity contribution >= 4 is 22.1 Å². The van der Waals surface area contributed by atoms with Crippen LogP contribution in [0.4, 0.5) is 0 Å². The second-order valence-corrected chi connectivity index (χ2v) is 7.93. The van der Waals surface area contributed by atoms with Gasteiger partial charge < -0.3 is 9.97 Å². The Hall–Kier alpha value is -2.62. The summed E-state index contributed by atoms with van der Waals surface area (Å²) in [5.74, 6) is 2.26. The van der Waals surface area contributed by atoms with Crippen molar-refractivity contribution < 1.29 is 0 Å². The number of rotatable bonds is 9. The Morgan fingerprint density at radius 1 is 0.607 bits per heavy atom. The first kappa shape index (κ1) is 18.7. The van der Waals surface area contributed by atoms with E-state index in [4.69, 9.17) is 9.97 Å². The number of nitrogens with one attached hydrogen (secondary N) is 2. The molecule has 2 aromatic carbocycles. The highest BCUT2D eigenvalue weighted by Crippen LogP contribution is 2.18. The SMILES string of the molecule is Cc1cccc2[nH]c(CCCCCCCCc3nc4c(C)cccc4[nH]3)nc12. The molecule has 0 radical (unpaired) electrons. The Bertz CT molecular complexity index is 971. The highest BCUT2D eigenvalue weighted by molar-refractivity contribution is 5.79. The van der Waals surface area contributed by atoms with Gasteiger partial charge in [-0.3, -0.25) is 0 Å². The molecule has 146 valence electrons. The van der Waals surface area contributed by atoms with E-state index >= 15 is 0 Å². The highest BCUT2D eigenvalue weighted by Gasteiger charge is 2.06. The lowest BCUT2D eigenvalue weighted by Gasteiger charge is -2.01. The first-order valence-corrected chi connectivity index (χ1v) is 10.6. The molecule has 0 aliphatic rings. The van der Waals surface area contributed by atoms with Gasteiger partial charge in [0.2, 0.25) is 0 Å². The van der Waals surface area contributed by atoms with Crippen LogP contribution in [-0.2, 0) is 12.8 Å². The van der Waals surface area contributed by atoms with Gasteiger partial charge in [-0.15, -0.1) is 0 Å². The van der Waals surface area contributed by atoms with Crippen LogP contribution in [0.5, 0.6) is 0 Å². The molecule has 0 bridgehead atoms. The Kier molecular flexibility index (Phi) is 5.75. The maximum absolute atomic E-state index is 4.75. The molecule has 0 atom stereocenters. The predicted octanol–water partition coefficient (Wildman–Crippen LogP) is 6.18. The lowest BCUT2D eigenvalue weighted by atomic mass is 10.1. The average Bonchev–Trinajstić information content (AvgIpc) is 3.29. The molecule has 0 spiro atoms. The quantitative estimate of drug-likeness (QED) is 0.344. The number of aromatic amines is 2. The van der Waals surface area contributed by atoms with E-state index in [9.17, 15) is 0 Å². The summed E-state index contributed by atoms with van der Waals surface area (Å²) in [7, 11) is 0. The van der Waals surface area contributed by atoms with E-state index < -0.39 is 0 Å². The number of para-hydroxylation sites is 2. The van der Waals surface area contributed by atoms with Crippen LogP contribution >= 0.6 is 0 Å². The van der Waals surface area contributed by atoms with Crippen LogP contribution in [0.3, 0.4) is 0 Å². The lowest BCUT2D eigenvalue weighted by Crippen LogP contribution is -1.90. The van der Waals surface area contributed by atoms with Crippen LogP contribution in [0.1, 0.15) is 61.3 Å². The summed E-state index contributed by atoms with van der Waals surface area (Å²) in [6.45, 7) is 4.25. The van der Waals surface area contributed by atoms with Crippen molar-refractivity contribution in [3.8, 4) is 0 Å². The van der Waals surface area contributed by atoms with Crippen molar-refractivity contribution in [2.75, 3.05) is 0 Å². The maximum Gasteiger partial charge on any atom is 0.107 e. The summed E-state index contributed by atoms with van der Waals surface area (Å²) in [6.07, 6.45) is 9.68. The number of benzene rings is 2. The van der Waals surface area contributed by atoms with Crippen molar-refractivity contribution in [3.63, 3.8) is 0 Å². The molecule has 2 N–H and O–H groups in total. The second-order valence-electron chi connectivity index (χ2n) is 7.93. The van der Waals surface area contributed by atoms with E-state index in [-0.39, 0.29) is 0 Å². The number of nitrogens with zero attached hydrogens (tertiary/aromatic N) is 2. The number of aryl methyl sites for hydroxylation is 4. The molecule has 4 rings (SSSR count). The van der Waals surface area contributed by atoms with E-state index in [1.54, 1.807) is 0 Å². The summed E-state index contributed by atoms with van der Waals surface area (Å²) in [5, 5.41) is 0. The average molecular weight is 375 g/mol. The third kappa shape index (κ3) is 4.27. The minimum atomic E-state index is 1.05. The smallest absolute Gasteiger partial charge is 0.107 e. The van der Waals surface area contributed by atoms with Gasteiger partial charge in [-0.2, -0.15) is 0 Å². The van der Waals surface area contributed by atoms with Crippen LogP contribution < -0.4 is 0 Å². The predicted molar refractivity (Wildman–Crippen MR) is 117 cm³/mol. The Morgan fingerprint density at radius 3 is 1.46 bits per heavy atom. The van der Waals surface area contributed by atoms with E-state index in [2.05, 4.69) is 60.2 Å². The zero-order valence-electron chi connectivity index (χ0n) is 17.0. The Balaban J connectivity index is 1.13. The molecular weight excluding hydrogens is 344 g/mol. The summed E-state index contributed by atoms with van der Waals surface area (Å²) < 4.78 is 0. The largest absolute Gasteiger partial charge is 0.342 e. The molecule has 0 aliphatic heterocycles. The van der Waals surface area contributed by atoms with Crippen LogP contribution in [0.25, 0.3) is 22.1 Å². The van der Waals surface area contributed by atoms with Gasteiger partial charge in [0, 0.05) is 12.8 Å². The normalized spacial score (nSPS) is 11.6. The zero-order chi connectivity index (χ0) is 19.3. The highest BCUT2D eigenvalue weighted by atomic mass is 14.9. The molecular formula is C24H30N4. The lowest BCUT2D eigenvalue weighted by molar-refractivity contribution is 0.586. The van der Waals surface area contributed by atoms with Gasteiger partial charge in [0.1, 0.15) is 11.6 Å². The van der Waals surface area contributed by atoms with E-state index in [0.717, 1.165) is 46.6 Å². The van der Waals surface area contributed by atoms with Crippen molar-refractivity contribution in [3.05, 3.63) is 59.2 Å². The van der Waals surface area contributed by atoms with Gasteiger partial charge in [0.15, 0.2) is 0 Å². The monoisotopic (exact) mass is 374 g/mol. The van der Waals surface area contributed by atoms with Crippen molar-refractivity contribution in [2.24, 2.45) is 0 Å². The van der Waals surface area contributed by atoms with E-state index in [0.29, 0.717) is 0 Å². The van der Waals surface area contributed by atoms with Gasteiger partial charge in [0.05, 0.1) is 22.1 Å². The minimum Gasteiger partial charge on any atom is -0.342 e. The minimum absolute atomic E-state index is 1.05. The Morgan fingerprint density at radius 2 is 1.04 bits per heavy atom. The van der Waals surface area contributed by atoms with Gasteiger partial charge in [-0.05, 0) is 49.9 Å². The molecule has 0 saturated carbocycles. The fourth-order valence-corrected chi connectivity index (χ4v) is 3.98. The second kappa shape index (κ2) is 8.59. The molecule has 4 nitrogen and oxygen atoms in total. The third-order valence-electron chi connectivity index (χ3n) is 5.60. The van der Waals surface area contributed by atoms with Gasteiger partial charge >= 0.3 is 0 Å². The molecule has 4 aromatic rings. The molecule has 0 saturated heterocycles. The first-order chi connectivity index (χ1) is 13.7. The van der Waals surface area contributed by atoms with Crippen LogP contribution in [0.2, 0.25) is 0 Å². The number of H-pyrrole nitrogens is 2. The molecule has 4 heteroatoms. The topological polar surface area (TPSA) is 57.4 Å². The van der Waals surface area contributed by atoms with Crippen molar-refractivity contribution in [1.82, 2.24) is 19.9 Å². The fraction of sp³-hybridized carbons (Fsp3) is 0.417. The third-order valence-corrected chi connectivity index (χ3v) is 5.60. The number of unbranched alkanes of at least 4 members (excludes halogenated alkanes) is 5. The van der Waals surface area contributed by atoms with E-state index in [1.165, 1.54) is 49.7 Å². The number of hydrogen-bond acceptors (Lipinski definition) is 2. The number of fused-ring (bicyclic) bond motifs is 2. The van der Waals surface area contributed by atoms with Crippen LogP contribution in [-0.4, -0.2) is 19.9 Å². The van der Waals surface area contributed by atoms with E-state index in [1.807, 2.05) is 0 Å². The van der Waals surface area contributed by atoms with Gasteiger partial charge in [-0.25, -0.2) is 9.97 Å². The standard InChI is InChI=1S/C24H30N4/c1-17-11-9-13-19-23(17)27-21(25-19)15-7-5-3-4-6-8-16-22-26-20-14-10-12-18(2)24(20)28-22/h9-14H,3-8,15-16H2,1-2H3,(H,25,27)(H,26,28). The van der Waals surface area contributed by atoms with Gasteiger partial charge in [-0.1, -0.05) is 49.9 Å². The zero-order valence-corrected chi connectivity index (χ0v) is 17.0. The van der Waals surface area contributed by atoms with Crippen molar-refractivity contribution in [1.29, 1.82) is 0 Å². The Labute approximate surface area is 166 Å². The summed E-state index contributed by atoms with van der Waals surface area (Å²) in [4.78, 5) is 16.4. The summed E-state index contributed by atoms with van der Waals surface area (Å²) in [5.41, 5.74) is 7.07. The number of aromatic nitrogens is 4. The summed E-state index contributed by atoms with van der Waals surface area (Å²) in [6, 6.07) is 12.7. The molecule has 28 heavy (non-hydrogen) atoms. The molecule has 0 fully saturated rings. The van der Waals surface area contributed by atoms with Crippen molar-refractivity contribution in [2.45, 2.75) is 65.2 Å². The van der Waals surface area contributed by atoms with Crippen LogP contribution in [0.15, 0.2) is 36.4 Å². The molecule has 0 unspecified atom stereocenters. The molecule has 0 amide bonds. The molecule has 0 aliphatic carbocycles. The first-order valence-electron chi connectivity index (χ1n) is 10.6. The maximum atomic E-state index is 4.75. The summed E-state index contributed by atoms with van der Waals surface area (Å²) >= 11 is 0. The van der Waals surface area contributed by atoms with Gasteiger partial charge in [0.25, 0.3) is 0 Å². The molecule has 2 aromatic heterocycles. The number of hydrogen-bond donors (Lipinski definition) is 2.